The second kappa shape index (κ2) is 7.74. The van der Waals surface area contributed by atoms with Crippen LogP contribution in [0.1, 0.15) is 17.5 Å². The van der Waals surface area contributed by atoms with E-state index in [4.69, 9.17) is 0 Å². The third kappa shape index (κ3) is 3.96. The molecule has 0 spiro atoms. The number of amides is 2. The molecule has 1 unspecified atom stereocenters. The van der Waals surface area contributed by atoms with E-state index in [1.807, 2.05) is 62.4 Å². The van der Waals surface area contributed by atoms with Crippen LogP contribution >= 0.6 is 11.8 Å². The minimum absolute atomic E-state index is 0.0960. The number of carbonyl (C=O) groups is 2. The summed E-state index contributed by atoms with van der Waals surface area (Å²) in [6, 6.07) is 15.3. The summed E-state index contributed by atoms with van der Waals surface area (Å²) < 4.78 is 0. The Balaban J connectivity index is 1.69. The molecule has 134 valence electrons. The van der Waals surface area contributed by atoms with Gasteiger partial charge in [-0.15, -0.1) is 0 Å². The number of nitrogens with one attached hydrogen (secondary N) is 1. The first kappa shape index (κ1) is 18.2. The summed E-state index contributed by atoms with van der Waals surface area (Å²) in [6.45, 7) is 3.91. The van der Waals surface area contributed by atoms with Gasteiger partial charge in [0.15, 0.2) is 5.17 Å². The van der Waals surface area contributed by atoms with E-state index < -0.39 is 5.25 Å². The van der Waals surface area contributed by atoms with E-state index >= 15 is 0 Å². The average Bonchev–Trinajstić information content (AvgIpc) is 2.87. The van der Waals surface area contributed by atoms with Gasteiger partial charge in [-0.1, -0.05) is 48.2 Å². The molecule has 2 aromatic carbocycles. The lowest BCUT2D eigenvalue weighted by molar-refractivity contribution is -0.127. The molecule has 0 aromatic heterocycles. The lowest BCUT2D eigenvalue weighted by atomic mass is 10.1. The molecule has 0 saturated carbocycles. The van der Waals surface area contributed by atoms with E-state index in [1.54, 1.807) is 7.05 Å². The molecule has 0 radical (unpaired) electrons. The van der Waals surface area contributed by atoms with E-state index in [9.17, 15) is 9.59 Å². The summed E-state index contributed by atoms with van der Waals surface area (Å²) in [7, 11) is 1.69. The van der Waals surface area contributed by atoms with Crippen molar-refractivity contribution in [3.05, 3.63) is 59.7 Å². The van der Waals surface area contributed by atoms with Crippen molar-refractivity contribution in [1.29, 1.82) is 0 Å². The SMILES string of the molecule is Cc1cccc(C)c1NC(=O)CC1SC(=Nc2ccccc2)N(C)C1=O. The van der Waals surface area contributed by atoms with Crippen LogP contribution in [0, 0.1) is 13.8 Å². The fourth-order valence-electron chi connectivity index (χ4n) is 2.78. The van der Waals surface area contributed by atoms with Crippen molar-refractivity contribution < 1.29 is 9.59 Å². The number of amidine groups is 1. The molecule has 2 amide bonds. The van der Waals surface area contributed by atoms with Crippen molar-refractivity contribution in [2.75, 3.05) is 12.4 Å². The van der Waals surface area contributed by atoms with E-state index in [0.717, 1.165) is 22.5 Å². The van der Waals surface area contributed by atoms with Crippen LogP contribution < -0.4 is 5.32 Å². The minimum atomic E-state index is -0.452. The van der Waals surface area contributed by atoms with Gasteiger partial charge in [-0.3, -0.25) is 14.5 Å². The lowest BCUT2D eigenvalue weighted by Crippen LogP contribution is -2.30. The first-order chi connectivity index (χ1) is 12.5. The number of thioether (sulfide) groups is 1. The Hall–Kier alpha value is -2.60. The van der Waals surface area contributed by atoms with Crippen LogP contribution in [0.2, 0.25) is 0 Å². The van der Waals surface area contributed by atoms with Gasteiger partial charge >= 0.3 is 0 Å². The number of nitrogens with zero attached hydrogens (tertiary/aromatic N) is 2. The second-order valence-electron chi connectivity index (χ2n) is 6.25. The summed E-state index contributed by atoms with van der Waals surface area (Å²) >= 11 is 1.33. The number of aliphatic imine (C=N–C) groups is 1. The maximum atomic E-state index is 12.5. The zero-order valence-electron chi connectivity index (χ0n) is 15.0. The first-order valence-corrected chi connectivity index (χ1v) is 9.27. The Morgan fingerprint density at radius 2 is 1.77 bits per heavy atom. The number of para-hydroxylation sites is 2. The van der Waals surface area contributed by atoms with Crippen molar-refractivity contribution in [2.45, 2.75) is 25.5 Å². The van der Waals surface area contributed by atoms with Crippen molar-refractivity contribution in [3.8, 4) is 0 Å². The van der Waals surface area contributed by atoms with Gasteiger partial charge in [-0.2, -0.15) is 0 Å². The molecule has 6 heteroatoms. The standard InChI is InChI=1S/C20H21N3O2S/c1-13-8-7-9-14(2)18(13)22-17(24)12-16-19(25)23(3)20(26-16)21-15-10-5-4-6-11-15/h4-11,16H,12H2,1-3H3,(H,22,24). The fraction of sp³-hybridized carbons (Fsp3) is 0.250. The zero-order chi connectivity index (χ0) is 18.7. The van der Waals surface area contributed by atoms with E-state index in [2.05, 4.69) is 10.3 Å². The topological polar surface area (TPSA) is 61.8 Å². The third-order valence-electron chi connectivity index (χ3n) is 4.24. The molecule has 3 rings (SSSR count). The van der Waals surface area contributed by atoms with Crippen molar-refractivity contribution in [3.63, 3.8) is 0 Å². The lowest BCUT2D eigenvalue weighted by Gasteiger charge is -2.12. The smallest absolute Gasteiger partial charge is 0.242 e. The second-order valence-corrected chi connectivity index (χ2v) is 7.42. The summed E-state index contributed by atoms with van der Waals surface area (Å²) in [4.78, 5) is 31.0. The number of aryl methyl sites for hydroxylation is 2. The highest BCUT2D eigenvalue weighted by Gasteiger charge is 2.37. The Morgan fingerprint density at radius 1 is 1.12 bits per heavy atom. The molecule has 1 atom stereocenters. The molecule has 1 saturated heterocycles. The monoisotopic (exact) mass is 367 g/mol. The van der Waals surface area contributed by atoms with Crippen LogP contribution in [-0.2, 0) is 9.59 Å². The molecule has 1 heterocycles. The number of hydrogen-bond donors (Lipinski definition) is 1. The van der Waals surface area contributed by atoms with Gasteiger partial charge < -0.3 is 5.32 Å². The zero-order valence-corrected chi connectivity index (χ0v) is 15.8. The number of rotatable bonds is 4. The molecule has 1 N–H and O–H groups in total. The van der Waals surface area contributed by atoms with Crippen LogP contribution in [0.15, 0.2) is 53.5 Å². The maximum absolute atomic E-state index is 12.5. The van der Waals surface area contributed by atoms with Gasteiger partial charge in [0.05, 0.1) is 5.69 Å². The van der Waals surface area contributed by atoms with Gasteiger partial charge in [0.2, 0.25) is 11.8 Å². The Morgan fingerprint density at radius 3 is 2.42 bits per heavy atom. The highest BCUT2D eigenvalue weighted by Crippen LogP contribution is 2.31. The number of benzene rings is 2. The van der Waals surface area contributed by atoms with Crippen LogP contribution in [0.5, 0.6) is 0 Å². The predicted molar refractivity (Wildman–Crippen MR) is 107 cm³/mol. The van der Waals surface area contributed by atoms with Gasteiger partial charge in [-0.25, -0.2) is 4.99 Å². The van der Waals surface area contributed by atoms with Crippen LogP contribution in [0.4, 0.5) is 11.4 Å². The third-order valence-corrected chi connectivity index (χ3v) is 5.47. The van der Waals surface area contributed by atoms with Crippen molar-refractivity contribution >= 4 is 40.1 Å². The molecular formula is C20H21N3O2S. The Labute approximate surface area is 157 Å². The van der Waals surface area contributed by atoms with Crippen molar-refractivity contribution in [2.24, 2.45) is 4.99 Å². The highest BCUT2D eigenvalue weighted by atomic mass is 32.2. The number of carbonyl (C=O) groups excluding carboxylic acids is 2. The molecule has 1 fully saturated rings. The van der Waals surface area contributed by atoms with Crippen LogP contribution in [0.25, 0.3) is 0 Å². The van der Waals surface area contributed by atoms with Crippen molar-refractivity contribution in [1.82, 2.24) is 4.90 Å². The molecule has 0 bridgehead atoms. The minimum Gasteiger partial charge on any atom is -0.326 e. The molecule has 5 nitrogen and oxygen atoms in total. The number of hydrogen-bond acceptors (Lipinski definition) is 4. The van der Waals surface area contributed by atoms with Gasteiger partial charge in [-0.05, 0) is 37.1 Å². The summed E-state index contributed by atoms with van der Waals surface area (Å²) in [5.74, 6) is -0.260. The quantitative estimate of drug-likeness (QED) is 0.892. The van der Waals surface area contributed by atoms with Gasteiger partial charge in [0.25, 0.3) is 0 Å². The number of anilines is 1. The largest absolute Gasteiger partial charge is 0.326 e. The predicted octanol–water partition coefficient (Wildman–Crippen LogP) is 3.89. The molecule has 2 aromatic rings. The molecule has 26 heavy (non-hydrogen) atoms. The van der Waals surface area contributed by atoms with Crippen LogP contribution in [0.3, 0.4) is 0 Å². The van der Waals surface area contributed by atoms with Crippen LogP contribution in [-0.4, -0.2) is 34.2 Å². The first-order valence-electron chi connectivity index (χ1n) is 8.39. The maximum Gasteiger partial charge on any atom is 0.242 e. The fourth-order valence-corrected chi connectivity index (χ4v) is 3.94. The Bertz CT molecular complexity index is 844. The Kier molecular flexibility index (Phi) is 5.42. The van der Waals surface area contributed by atoms with E-state index in [1.165, 1.54) is 16.7 Å². The highest BCUT2D eigenvalue weighted by molar-refractivity contribution is 8.15. The van der Waals surface area contributed by atoms with E-state index in [-0.39, 0.29) is 18.2 Å². The van der Waals surface area contributed by atoms with Gasteiger partial charge in [0.1, 0.15) is 5.25 Å². The summed E-state index contributed by atoms with van der Waals surface area (Å²) in [5, 5.41) is 3.11. The van der Waals surface area contributed by atoms with E-state index in [0.29, 0.717) is 5.17 Å². The molecule has 1 aliphatic heterocycles. The summed E-state index contributed by atoms with van der Waals surface area (Å²) in [5.41, 5.74) is 3.62. The normalized spacial score (nSPS) is 18.4. The van der Waals surface area contributed by atoms with Gasteiger partial charge in [0, 0.05) is 19.2 Å². The molecule has 1 aliphatic rings. The molecular weight excluding hydrogens is 346 g/mol. The average molecular weight is 367 g/mol. The summed E-state index contributed by atoms with van der Waals surface area (Å²) in [6.07, 6.45) is 0.120. The molecule has 0 aliphatic carbocycles.